The number of aliphatic hydroxyl groups is 1. The Kier molecular flexibility index (Phi) is 4.68. The molecule has 1 aliphatic rings. The van der Waals surface area contributed by atoms with E-state index in [2.05, 4.69) is 5.32 Å². The van der Waals surface area contributed by atoms with Crippen molar-refractivity contribution < 1.29 is 19.1 Å². The van der Waals surface area contributed by atoms with Gasteiger partial charge in [-0.2, -0.15) is 0 Å². The van der Waals surface area contributed by atoms with Crippen LogP contribution in [0.4, 0.5) is 4.39 Å². The first-order valence-corrected chi connectivity index (χ1v) is 6.56. The number of halogens is 1. The molecule has 0 radical (unpaired) electrons. The number of rotatable bonds is 3. The van der Waals surface area contributed by atoms with Crippen molar-refractivity contribution in [2.75, 3.05) is 19.6 Å². The van der Waals surface area contributed by atoms with E-state index in [0.29, 0.717) is 19.5 Å². The van der Waals surface area contributed by atoms with Gasteiger partial charge in [0, 0.05) is 18.7 Å². The lowest BCUT2D eigenvalue weighted by Gasteiger charge is -2.30. The standard InChI is InChI=1S/C14H17FN2O3/c15-11-4-1-3-10(7-11)14(20)16-8-13(19)17-6-2-5-12(18)9-17/h1,3-4,7,12,18H,2,5-6,8-9H2,(H,16,20)/t12-/m0/s1. The van der Waals surface area contributed by atoms with Crippen LogP contribution in [0.1, 0.15) is 23.2 Å². The molecule has 1 atom stereocenters. The zero-order chi connectivity index (χ0) is 14.5. The van der Waals surface area contributed by atoms with Crippen LogP contribution < -0.4 is 5.32 Å². The number of β-amino-alcohol motifs (C(OH)–C–C–N with tert-alkyl or cyclic N) is 1. The Balaban J connectivity index is 1.85. The summed E-state index contributed by atoms with van der Waals surface area (Å²) in [5.41, 5.74) is 0.177. The first-order chi connectivity index (χ1) is 9.56. The molecule has 6 heteroatoms. The van der Waals surface area contributed by atoms with Crippen molar-refractivity contribution in [3.05, 3.63) is 35.6 Å². The van der Waals surface area contributed by atoms with Crippen LogP contribution in [0.15, 0.2) is 24.3 Å². The number of nitrogens with one attached hydrogen (secondary N) is 1. The molecular weight excluding hydrogens is 263 g/mol. The summed E-state index contributed by atoms with van der Waals surface area (Å²) >= 11 is 0. The first kappa shape index (κ1) is 14.5. The number of piperidine rings is 1. The fourth-order valence-corrected chi connectivity index (χ4v) is 2.18. The van der Waals surface area contributed by atoms with Crippen LogP contribution in [-0.2, 0) is 4.79 Å². The highest BCUT2D eigenvalue weighted by molar-refractivity contribution is 5.96. The Bertz CT molecular complexity index is 507. The van der Waals surface area contributed by atoms with Crippen molar-refractivity contribution in [2.45, 2.75) is 18.9 Å². The van der Waals surface area contributed by atoms with Gasteiger partial charge in [-0.3, -0.25) is 9.59 Å². The molecule has 1 saturated heterocycles. The molecule has 1 aromatic carbocycles. The maximum atomic E-state index is 13.0. The molecule has 2 rings (SSSR count). The Morgan fingerprint density at radius 3 is 2.95 bits per heavy atom. The lowest BCUT2D eigenvalue weighted by atomic mass is 10.1. The van der Waals surface area contributed by atoms with Crippen LogP contribution in [0.2, 0.25) is 0 Å². The molecular formula is C14H17FN2O3. The maximum absolute atomic E-state index is 13.0. The van der Waals surface area contributed by atoms with Crippen molar-refractivity contribution in [3.8, 4) is 0 Å². The number of benzene rings is 1. The van der Waals surface area contributed by atoms with Crippen molar-refractivity contribution in [3.63, 3.8) is 0 Å². The third-order valence-electron chi connectivity index (χ3n) is 3.24. The van der Waals surface area contributed by atoms with Gasteiger partial charge >= 0.3 is 0 Å². The Morgan fingerprint density at radius 1 is 1.45 bits per heavy atom. The van der Waals surface area contributed by atoms with Crippen molar-refractivity contribution in [2.24, 2.45) is 0 Å². The largest absolute Gasteiger partial charge is 0.391 e. The van der Waals surface area contributed by atoms with E-state index in [1.54, 1.807) is 0 Å². The lowest BCUT2D eigenvalue weighted by molar-refractivity contribution is -0.133. The van der Waals surface area contributed by atoms with Crippen LogP contribution >= 0.6 is 0 Å². The normalized spacial score (nSPS) is 18.7. The summed E-state index contributed by atoms with van der Waals surface area (Å²) in [6, 6.07) is 5.28. The van der Waals surface area contributed by atoms with E-state index in [-0.39, 0.29) is 18.0 Å². The van der Waals surface area contributed by atoms with E-state index in [9.17, 15) is 19.1 Å². The van der Waals surface area contributed by atoms with Gasteiger partial charge in [0.25, 0.3) is 5.91 Å². The summed E-state index contributed by atoms with van der Waals surface area (Å²) < 4.78 is 13.0. The second kappa shape index (κ2) is 6.47. The van der Waals surface area contributed by atoms with Gasteiger partial charge in [-0.15, -0.1) is 0 Å². The monoisotopic (exact) mass is 280 g/mol. The third-order valence-corrected chi connectivity index (χ3v) is 3.24. The molecule has 0 aliphatic carbocycles. The molecule has 1 fully saturated rings. The quantitative estimate of drug-likeness (QED) is 0.849. The minimum Gasteiger partial charge on any atom is -0.391 e. The van der Waals surface area contributed by atoms with Gasteiger partial charge in [-0.05, 0) is 31.0 Å². The molecule has 1 aliphatic heterocycles. The zero-order valence-corrected chi connectivity index (χ0v) is 11.0. The number of likely N-dealkylation sites (tertiary alicyclic amines) is 1. The Hall–Kier alpha value is -1.95. The Labute approximate surface area is 116 Å². The minimum atomic E-state index is -0.497. The summed E-state index contributed by atoms with van der Waals surface area (Å²) in [6.45, 7) is 0.739. The van der Waals surface area contributed by atoms with Gasteiger partial charge in [0.05, 0.1) is 12.6 Å². The number of carbonyl (C=O) groups is 2. The minimum absolute atomic E-state index is 0.151. The summed E-state index contributed by atoms with van der Waals surface area (Å²) in [6.07, 6.45) is 0.955. The molecule has 1 aromatic rings. The van der Waals surface area contributed by atoms with E-state index < -0.39 is 17.8 Å². The lowest BCUT2D eigenvalue weighted by Crippen LogP contribution is -2.46. The number of carbonyl (C=O) groups excluding carboxylic acids is 2. The Morgan fingerprint density at radius 2 is 2.25 bits per heavy atom. The van der Waals surface area contributed by atoms with Crippen molar-refractivity contribution in [1.82, 2.24) is 10.2 Å². The molecule has 5 nitrogen and oxygen atoms in total. The first-order valence-electron chi connectivity index (χ1n) is 6.56. The molecule has 108 valence electrons. The van der Waals surface area contributed by atoms with E-state index in [0.717, 1.165) is 12.5 Å². The van der Waals surface area contributed by atoms with Crippen molar-refractivity contribution in [1.29, 1.82) is 0 Å². The summed E-state index contributed by atoms with van der Waals surface area (Å²) in [7, 11) is 0. The van der Waals surface area contributed by atoms with Crippen LogP contribution in [0.5, 0.6) is 0 Å². The smallest absolute Gasteiger partial charge is 0.251 e. The summed E-state index contributed by atoms with van der Waals surface area (Å²) in [5, 5.41) is 12.0. The van der Waals surface area contributed by atoms with Gasteiger partial charge in [-0.1, -0.05) is 6.07 Å². The van der Waals surface area contributed by atoms with Crippen LogP contribution in [0.3, 0.4) is 0 Å². The number of hydrogen-bond donors (Lipinski definition) is 2. The molecule has 2 N–H and O–H groups in total. The molecule has 0 aromatic heterocycles. The van der Waals surface area contributed by atoms with E-state index in [1.165, 1.54) is 23.1 Å². The highest BCUT2D eigenvalue weighted by Crippen LogP contribution is 2.09. The van der Waals surface area contributed by atoms with Crippen LogP contribution in [-0.4, -0.2) is 47.6 Å². The van der Waals surface area contributed by atoms with Crippen LogP contribution in [0.25, 0.3) is 0 Å². The number of nitrogens with zero attached hydrogens (tertiary/aromatic N) is 1. The topological polar surface area (TPSA) is 69.6 Å². The molecule has 0 saturated carbocycles. The van der Waals surface area contributed by atoms with E-state index >= 15 is 0 Å². The zero-order valence-electron chi connectivity index (χ0n) is 11.0. The average molecular weight is 280 g/mol. The molecule has 2 amide bonds. The predicted octanol–water partition coefficient (Wildman–Crippen LogP) is 0.539. The van der Waals surface area contributed by atoms with Crippen LogP contribution in [0, 0.1) is 5.82 Å². The fourth-order valence-electron chi connectivity index (χ4n) is 2.18. The van der Waals surface area contributed by atoms with Gasteiger partial charge < -0.3 is 15.3 Å². The highest BCUT2D eigenvalue weighted by atomic mass is 19.1. The number of hydrogen-bond acceptors (Lipinski definition) is 3. The third kappa shape index (κ3) is 3.77. The SMILES string of the molecule is O=C(NCC(=O)N1CCC[C@H](O)C1)c1cccc(F)c1. The van der Waals surface area contributed by atoms with Gasteiger partial charge in [-0.25, -0.2) is 4.39 Å². The van der Waals surface area contributed by atoms with E-state index in [4.69, 9.17) is 0 Å². The van der Waals surface area contributed by atoms with Gasteiger partial charge in [0.2, 0.25) is 5.91 Å². The molecule has 0 bridgehead atoms. The molecule has 0 spiro atoms. The average Bonchev–Trinajstić information content (AvgIpc) is 2.44. The second-order valence-electron chi connectivity index (χ2n) is 4.83. The molecule has 0 unspecified atom stereocenters. The summed E-state index contributed by atoms with van der Waals surface area (Å²) in [5.74, 6) is -1.23. The van der Waals surface area contributed by atoms with Crippen molar-refractivity contribution >= 4 is 11.8 Å². The van der Waals surface area contributed by atoms with Gasteiger partial charge in [0.15, 0.2) is 0 Å². The second-order valence-corrected chi connectivity index (χ2v) is 4.83. The highest BCUT2D eigenvalue weighted by Gasteiger charge is 2.22. The number of amides is 2. The molecule has 1 heterocycles. The molecule has 20 heavy (non-hydrogen) atoms. The fraction of sp³-hybridized carbons (Fsp3) is 0.429. The van der Waals surface area contributed by atoms with Gasteiger partial charge in [0.1, 0.15) is 5.82 Å². The summed E-state index contributed by atoms with van der Waals surface area (Å²) in [4.78, 5) is 25.2. The maximum Gasteiger partial charge on any atom is 0.251 e. The number of aliphatic hydroxyl groups excluding tert-OH is 1. The van der Waals surface area contributed by atoms with E-state index in [1.807, 2.05) is 0 Å². The predicted molar refractivity (Wildman–Crippen MR) is 70.6 cm³/mol.